The standard InChI is InChI=1S/C17H24O2/c1-15-6-3-7-16(2)11(4-8-15)10-13-12(14(18)19)5-9-17(13,15)16/h11H,3-10H2,1-2H3,(H,18,19)/t11-,15-,16-,17-/m1/s1. The second kappa shape index (κ2) is 3.27. The molecular weight excluding hydrogens is 236 g/mol. The molecule has 0 heterocycles. The van der Waals surface area contributed by atoms with Crippen LogP contribution in [0.15, 0.2) is 11.1 Å². The van der Waals surface area contributed by atoms with Crippen molar-refractivity contribution in [3.8, 4) is 0 Å². The quantitative estimate of drug-likeness (QED) is 0.768. The second-order valence-electron chi connectivity index (χ2n) is 7.94. The number of hydrogen-bond donors (Lipinski definition) is 1. The van der Waals surface area contributed by atoms with Gasteiger partial charge >= 0.3 is 5.97 Å². The van der Waals surface area contributed by atoms with Crippen LogP contribution >= 0.6 is 0 Å². The smallest absolute Gasteiger partial charge is 0.331 e. The molecule has 2 heteroatoms. The lowest BCUT2D eigenvalue weighted by Gasteiger charge is -2.63. The molecule has 4 aliphatic rings. The van der Waals surface area contributed by atoms with Gasteiger partial charge < -0.3 is 5.11 Å². The summed E-state index contributed by atoms with van der Waals surface area (Å²) < 4.78 is 0. The summed E-state index contributed by atoms with van der Waals surface area (Å²) in [6, 6.07) is 0. The van der Waals surface area contributed by atoms with Crippen LogP contribution in [-0.4, -0.2) is 11.1 Å². The highest BCUT2D eigenvalue weighted by Crippen LogP contribution is 2.80. The van der Waals surface area contributed by atoms with E-state index in [1.807, 2.05) is 0 Å². The molecule has 4 rings (SSSR count). The van der Waals surface area contributed by atoms with Gasteiger partial charge in [-0.2, -0.15) is 0 Å². The molecule has 3 fully saturated rings. The highest BCUT2D eigenvalue weighted by atomic mass is 16.4. The predicted molar refractivity (Wildman–Crippen MR) is 73.7 cm³/mol. The van der Waals surface area contributed by atoms with Crippen molar-refractivity contribution in [1.82, 2.24) is 0 Å². The number of carboxylic acid groups (broad SMARTS) is 1. The summed E-state index contributed by atoms with van der Waals surface area (Å²) in [5, 5.41) is 9.55. The third-order valence-electron chi connectivity index (χ3n) is 7.71. The van der Waals surface area contributed by atoms with E-state index in [1.54, 1.807) is 0 Å². The molecule has 3 saturated carbocycles. The van der Waals surface area contributed by atoms with Crippen LogP contribution < -0.4 is 0 Å². The summed E-state index contributed by atoms with van der Waals surface area (Å²) in [6.07, 6.45) is 9.66. The number of aliphatic carboxylic acids is 1. The summed E-state index contributed by atoms with van der Waals surface area (Å²) in [5.74, 6) is 0.121. The maximum atomic E-state index is 11.6. The molecule has 19 heavy (non-hydrogen) atoms. The Kier molecular flexibility index (Phi) is 2.06. The van der Waals surface area contributed by atoms with Crippen molar-refractivity contribution in [1.29, 1.82) is 0 Å². The van der Waals surface area contributed by atoms with E-state index in [1.165, 1.54) is 37.7 Å². The third-order valence-corrected chi connectivity index (χ3v) is 7.71. The Bertz CT molecular complexity index is 505. The molecule has 0 aromatic rings. The van der Waals surface area contributed by atoms with Crippen LogP contribution in [0.4, 0.5) is 0 Å². The average Bonchev–Trinajstić information content (AvgIpc) is 2.77. The van der Waals surface area contributed by atoms with E-state index in [0.29, 0.717) is 10.8 Å². The molecule has 104 valence electrons. The maximum Gasteiger partial charge on any atom is 0.331 e. The van der Waals surface area contributed by atoms with E-state index in [-0.39, 0.29) is 5.41 Å². The number of carbonyl (C=O) groups is 1. The van der Waals surface area contributed by atoms with Crippen LogP contribution in [0.2, 0.25) is 0 Å². The first kappa shape index (κ1) is 12.0. The third kappa shape index (κ3) is 1.06. The molecule has 1 spiro atoms. The molecule has 0 amide bonds. The Morgan fingerprint density at radius 1 is 1.21 bits per heavy atom. The van der Waals surface area contributed by atoms with E-state index in [0.717, 1.165) is 30.8 Å². The van der Waals surface area contributed by atoms with Crippen molar-refractivity contribution >= 4 is 5.97 Å². The first-order valence-electron chi connectivity index (χ1n) is 7.90. The molecule has 0 unspecified atom stereocenters. The van der Waals surface area contributed by atoms with E-state index in [9.17, 15) is 9.90 Å². The summed E-state index contributed by atoms with van der Waals surface area (Å²) in [7, 11) is 0. The summed E-state index contributed by atoms with van der Waals surface area (Å²) >= 11 is 0. The highest BCUT2D eigenvalue weighted by molar-refractivity contribution is 5.89. The van der Waals surface area contributed by atoms with Gasteiger partial charge in [0.05, 0.1) is 0 Å². The minimum Gasteiger partial charge on any atom is -0.478 e. The lowest BCUT2D eigenvalue weighted by Crippen LogP contribution is -2.55. The Morgan fingerprint density at radius 3 is 2.74 bits per heavy atom. The van der Waals surface area contributed by atoms with Gasteiger partial charge in [-0.05, 0) is 61.7 Å². The van der Waals surface area contributed by atoms with Gasteiger partial charge in [0.25, 0.3) is 0 Å². The Morgan fingerprint density at radius 2 is 2.00 bits per heavy atom. The first-order chi connectivity index (χ1) is 8.95. The van der Waals surface area contributed by atoms with Gasteiger partial charge in [-0.15, -0.1) is 0 Å². The molecular formula is C17H24O2. The molecule has 0 aromatic heterocycles. The predicted octanol–water partition coefficient (Wildman–Crippen LogP) is 4.16. The summed E-state index contributed by atoms with van der Waals surface area (Å²) in [5.41, 5.74) is 3.19. The highest BCUT2D eigenvalue weighted by Gasteiger charge is 2.72. The van der Waals surface area contributed by atoms with Crippen molar-refractivity contribution in [2.75, 3.05) is 0 Å². The van der Waals surface area contributed by atoms with Crippen LogP contribution in [0.1, 0.15) is 65.2 Å². The number of rotatable bonds is 1. The fraction of sp³-hybridized carbons (Fsp3) is 0.824. The summed E-state index contributed by atoms with van der Waals surface area (Å²) in [6.45, 7) is 4.96. The Balaban J connectivity index is 1.99. The van der Waals surface area contributed by atoms with E-state index in [2.05, 4.69) is 13.8 Å². The van der Waals surface area contributed by atoms with Gasteiger partial charge in [0, 0.05) is 11.0 Å². The van der Waals surface area contributed by atoms with Gasteiger partial charge in [-0.3, -0.25) is 0 Å². The van der Waals surface area contributed by atoms with E-state index >= 15 is 0 Å². The lowest BCUT2D eigenvalue weighted by atomic mass is 9.41. The SMILES string of the molecule is C[C@@]12CCC[C@]3(C)[C@H](CC1)CC1=C(C(=O)O)CC[C@@]123. The first-order valence-corrected chi connectivity index (χ1v) is 7.90. The Hall–Kier alpha value is -0.790. The molecule has 0 radical (unpaired) electrons. The number of hydrogen-bond acceptors (Lipinski definition) is 1. The molecule has 0 aromatic carbocycles. The maximum absolute atomic E-state index is 11.6. The second-order valence-corrected chi connectivity index (χ2v) is 7.94. The van der Waals surface area contributed by atoms with Gasteiger partial charge in [-0.1, -0.05) is 25.8 Å². The molecule has 4 bridgehead atoms. The molecule has 4 atom stereocenters. The van der Waals surface area contributed by atoms with Crippen LogP contribution in [0, 0.1) is 22.2 Å². The Labute approximate surface area is 115 Å². The largest absolute Gasteiger partial charge is 0.478 e. The molecule has 4 aliphatic carbocycles. The van der Waals surface area contributed by atoms with E-state index in [4.69, 9.17) is 0 Å². The van der Waals surface area contributed by atoms with Gasteiger partial charge in [0.2, 0.25) is 0 Å². The van der Waals surface area contributed by atoms with Crippen molar-refractivity contribution in [2.45, 2.75) is 65.2 Å². The average molecular weight is 260 g/mol. The fourth-order valence-electron chi connectivity index (χ4n) is 6.94. The van der Waals surface area contributed by atoms with Crippen molar-refractivity contribution in [3.63, 3.8) is 0 Å². The molecule has 0 saturated heterocycles. The van der Waals surface area contributed by atoms with Crippen molar-refractivity contribution in [2.24, 2.45) is 22.2 Å². The molecule has 2 nitrogen and oxygen atoms in total. The van der Waals surface area contributed by atoms with Gasteiger partial charge in [0.1, 0.15) is 0 Å². The zero-order valence-electron chi connectivity index (χ0n) is 12.1. The monoisotopic (exact) mass is 260 g/mol. The fourth-order valence-corrected chi connectivity index (χ4v) is 6.94. The van der Waals surface area contributed by atoms with Crippen molar-refractivity contribution < 1.29 is 9.90 Å². The topological polar surface area (TPSA) is 37.3 Å². The minimum atomic E-state index is -0.635. The van der Waals surface area contributed by atoms with Crippen LogP contribution in [0.3, 0.4) is 0 Å². The van der Waals surface area contributed by atoms with Gasteiger partial charge in [0.15, 0.2) is 0 Å². The van der Waals surface area contributed by atoms with Crippen LogP contribution in [0.25, 0.3) is 0 Å². The normalized spacial score (nSPS) is 51.4. The number of carboxylic acids is 1. The zero-order chi connectivity index (χ0) is 13.5. The zero-order valence-corrected chi connectivity index (χ0v) is 12.1. The lowest BCUT2D eigenvalue weighted by molar-refractivity contribution is -0.132. The van der Waals surface area contributed by atoms with Crippen LogP contribution in [0.5, 0.6) is 0 Å². The molecule has 0 aliphatic heterocycles. The van der Waals surface area contributed by atoms with Gasteiger partial charge in [-0.25, -0.2) is 4.79 Å². The van der Waals surface area contributed by atoms with Crippen LogP contribution in [-0.2, 0) is 4.79 Å². The van der Waals surface area contributed by atoms with Crippen molar-refractivity contribution in [3.05, 3.63) is 11.1 Å². The summed E-state index contributed by atoms with van der Waals surface area (Å²) in [4.78, 5) is 11.6. The number of allylic oxidation sites excluding steroid dienone is 1. The minimum absolute atomic E-state index is 0.245. The molecule has 1 N–H and O–H groups in total. The van der Waals surface area contributed by atoms with E-state index < -0.39 is 5.97 Å².